The lowest BCUT2D eigenvalue weighted by atomic mass is 9.96. The lowest BCUT2D eigenvalue weighted by molar-refractivity contribution is 0.0703. The Kier molecular flexibility index (Phi) is 4.00. The van der Waals surface area contributed by atoms with Gasteiger partial charge < -0.3 is 9.32 Å². The van der Waals surface area contributed by atoms with E-state index in [4.69, 9.17) is 4.42 Å². The third kappa shape index (κ3) is 2.84. The maximum Gasteiger partial charge on any atom is 0.267 e. The molecule has 4 heterocycles. The monoisotopic (exact) mass is 382 g/mol. The molecule has 1 fully saturated rings. The summed E-state index contributed by atoms with van der Waals surface area (Å²) < 4.78 is 7.48. The molecule has 138 valence electrons. The number of thioether (sulfide) groups is 1. The van der Waals surface area contributed by atoms with Gasteiger partial charge >= 0.3 is 0 Å². The molecule has 0 bridgehead atoms. The molecule has 0 saturated carbocycles. The van der Waals surface area contributed by atoms with Gasteiger partial charge in [-0.1, -0.05) is 23.9 Å². The quantitative estimate of drug-likeness (QED) is 0.634. The summed E-state index contributed by atoms with van der Waals surface area (Å²) in [4.78, 5) is 36.0. The number of aromatic nitrogens is 3. The minimum absolute atomic E-state index is 0.168. The summed E-state index contributed by atoms with van der Waals surface area (Å²) in [6.45, 7) is 1.78. The van der Waals surface area contributed by atoms with Crippen LogP contribution in [0.4, 0.5) is 0 Å². The van der Waals surface area contributed by atoms with Gasteiger partial charge in [0.25, 0.3) is 11.5 Å². The molecule has 0 N–H and O–H groups in total. The zero-order chi connectivity index (χ0) is 18.4. The van der Waals surface area contributed by atoms with Crippen LogP contribution in [0.3, 0.4) is 0 Å². The van der Waals surface area contributed by atoms with Gasteiger partial charge in [-0.05, 0) is 25.0 Å². The van der Waals surface area contributed by atoms with Crippen LogP contribution in [-0.4, -0.2) is 44.2 Å². The van der Waals surface area contributed by atoms with Crippen molar-refractivity contribution in [1.29, 1.82) is 0 Å². The van der Waals surface area contributed by atoms with Crippen LogP contribution in [0.1, 0.15) is 35.0 Å². The summed E-state index contributed by atoms with van der Waals surface area (Å²) in [5.41, 5.74) is 1.60. The van der Waals surface area contributed by atoms with Gasteiger partial charge in [0.05, 0.1) is 0 Å². The second-order valence-corrected chi connectivity index (χ2v) is 7.91. The Bertz CT molecular complexity index is 1050. The Morgan fingerprint density at radius 2 is 2.00 bits per heavy atom. The molecule has 1 saturated heterocycles. The lowest BCUT2D eigenvalue weighted by Gasteiger charge is -2.30. The Labute approximate surface area is 159 Å². The van der Waals surface area contributed by atoms with Crippen LogP contribution in [0.15, 0.2) is 44.8 Å². The number of fused-ring (bicyclic) bond motifs is 2. The molecule has 2 aliphatic heterocycles. The fraction of sp³-hybridized carbons (Fsp3) is 0.368. The Hall–Kier alpha value is -2.61. The molecule has 1 amide bonds. The van der Waals surface area contributed by atoms with Gasteiger partial charge in [-0.15, -0.1) is 0 Å². The minimum Gasteiger partial charge on any atom is -0.440 e. The standard InChI is InChI=1S/C19H18N4O3S/c24-17(13-11-20-19-23(18(13)25)9-10-27-19)22-7-5-12(6-8-22)16-21-14-3-1-2-4-15(14)26-16/h1-4,11-12H,5-10H2. The Balaban J connectivity index is 1.32. The summed E-state index contributed by atoms with van der Waals surface area (Å²) in [7, 11) is 0. The summed E-state index contributed by atoms with van der Waals surface area (Å²) in [6.07, 6.45) is 2.98. The van der Waals surface area contributed by atoms with E-state index >= 15 is 0 Å². The minimum atomic E-state index is -0.226. The van der Waals surface area contributed by atoms with Gasteiger partial charge in [-0.3, -0.25) is 14.2 Å². The van der Waals surface area contributed by atoms with E-state index in [9.17, 15) is 9.59 Å². The molecule has 2 aliphatic rings. The van der Waals surface area contributed by atoms with Gasteiger partial charge in [0, 0.05) is 37.5 Å². The molecule has 0 radical (unpaired) electrons. The molecule has 1 aromatic carbocycles. The van der Waals surface area contributed by atoms with Crippen LogP contribution in [0, 0.1) is 0 Å². The van der Waals surface area contributed by atoms with Gasteiger partial charge in [-0.2, -0.15) is 0 Å². The maximum absolute atomic E-state index is 12.8. The van der Waals surface area contributed by atoms with E-state index in [1.54, 1.807) is 21.2 Å². The van der Waals surface area contributed by atoms with E-state index in [0.717, 1.165) is 35.6 Å². The van der Waals surface area contributed by atoms with Crippen LogP contribution < -0.4 is 5.56 Å². The number of carbonyl (C=O) groups is 1. The molecule has 0 aliphatic carbocycles. The average molecular weight is 382 g/mol. The molecular weight excluding hydrogens is 364 g/mol. The van der Waals surface area contributed by atoms with Crippen molar-refractivity contribution in [2.75, 3.05) is 18.8 Å². The Morgan fingerprint density at radius 1 is 1.19 bits per heavy atom. The largest absolute Gasteiger partial charge is 0.440 e. The van der Waals surface area contributed by atoms with Crippen molar-refractivity contribution in [2.24, 2.45) is 0 Å². The molecule has 0 atom stereocenters. The molecule has 0 spiro atoms. The van der Waals surface area contributed by atoms with E-state index in [-0.39, 0.29) is 22.9 Å². The number of rotatable bonds is 2. The molecule has 8 heteroatoms. The molecule has 27 heavy (non-hydrogen) atoms. The van der Waals surface area contributed by atoms with Gasteiger partial charge in [0.1, 0.15) is 11.1 Å². The fourth-order valence-corrected chi connectivity index (χ4v) is 4.64. The van der Waals surface area contributed by atoms with Crippen molar-refractivity contribution >= 4 is 28.8 Å². The second kappa shape index (κ2) is 6.53. The Morgan fingerprint density at radius 3 is 2.81 bits per heavy atom. The summed E-state index contributed by atoms with van der Waals surface area (Å²) >= 11 is 1.55. The zero-order valence-electron chi connectivity index (χ0n) is 14.6. The van der Waals surface area contributed by atoms with Gasteiger partial charge in [0.2, 0.25) is 0 Å². The van der Waals surface area contributed by atoms with E-state index in [1.807, 2.05) is 24.3 Å². The highest BCUT2D eigenvalue weighted by molar-refractivity contribution is 7.99. The number of carbonyl (C=O) groups excluding carboxylic acids is 1. The van der Waals surface area contributed by atoms with E-state index in [2.05, 4.69) is 9.97 Å². The molecule has 5 rings (SSSR count). The number of nitrogens with zero attached hydrogens (tertiary/aromatic N) is 4. The van der Waals surface area contributed by atoms with Crippen molar-refractivity contribution in [2.45, 2.75) is 30.5 Å². The average Bonchev–Trinajstić information content (AvgIpc) is 3.35. The SMILES string of the molecule is O=C(c1cnc2n(c1=O)CCS2)N1CCC(c2nc3ccccc3o2)CC1. The number of hydrogen-bond donors (Lipinski definition) is 0. The van der Waals surface area contributed by atoms with E-state index in [1.165, 1.54) is 6.20 Å². The van der Waals surface area contributed by atoms with E-state index < -0.39 is 0 Å². The summed E-state index contributed by atoms with van der Waals surface area (Å²) in [5, 5.41) is 0.700. The van der Waals surface area contributed by atoms with Crippen molar-refractivity contribution in [1.82, 2.24) is 19.4 Å². The maximum atomic E-state index is 12.8. The number of para-hydroxylation sites is 2. The highest BCUT2D eigenvalue weighted by Gasteiger charge is 2.29. The molecule has 3 aromatic rings. The van der Waals surface area contributed by atoms with Crippen LogP contribution in [0.2, 0.25) is 0 Å². The zero-order valence-corrected chi connectivity index (χ0v) is 15.4. The van der Waals surface area contributed by atoms with E-state index in [0.29, 0.717) is 24.8 Å². The number of amides is 1. The van der Waals surface area contributed by atoms with Crippen molar-refractivity contribution in [3.63, 3.8) is 0 Å². The smallest absolute Gasteiger partial charge is 0.267 e. The van der Waals surface area contributed by atoms with Crippen molar-refractivity contribution in [3.05, 3.63) is 52.3 Å². The van der Waals surface area contributed by atoms with Gasteiger partial charge in [-0.25, -0.2) is 9.97 Å². The molecule has 7 nitrogen and oxygen atoms in total. The number of likely N-dealkylation sites (tertiary alicyclic amines) is 1. The fourth-order valence-electron chi connectivity index (χ4n) is 3.73. The number of benzene rings is 1. The second-order valence-electron chi connectivity index (χ2n) is 6.85. The normalized spacial score (nSPS) is 17.4. The van der Waals surface area contributed by atoms with Crippen molar-refractivity contribution in [3.8, 4) is 0 Å². The lowest BCUT2D eigenvalue weighted by Crippen LogP contribution is -2.41. The number of piperidine rings is 1. The summed E-state index contributed by atoms with van der Waals surface area (Å²) in [5.74, 6) is 1.53. The van der Waals surface area contributed by atoms with Crippen LogP contribution >= 0.6 is 11.8 Å². The van der Waals surface area contributed by atoms with Gasteiger partial charge in [0.15, 0.2) is 16.6 Å². The molecular formula is C19H18N4O3S. The predicted molar refractivity (Wildman–Crippen MR) is 101 cm³/mol. The van der Waals surface area contributed by atoms with Crippen LogP contribution in [0.25, 0.3) is 11.1 Å². The molecule has 2 aromatic heterocycles. The predicted octanol–water partition coefficient (Wildman–Crippen LogP) is 2.51. The summed E-state index contributed by atoms with van der Waals surface area (Å²) in [6, 6.07) is 7.72. The first-order valence-corrected chi connectivity index (χ1v) is 10.1. The van der Waals surface area contributed by atoms with Crippen molar-refractivity contribution < 1.29 is 9.21 Å². The first-order valence-electron chi connectivity index (χ1n) is 9.08. The first-order chi connectivity index (χ1) is 13.2. The topological polar surface area (TPSA) is 81.2 Å². The number of oxazole rings is 1. The first kappa shape index (κ1) is 16.6. The van der Waals surface area contributed by atoms with Crippen LogP contribution in [0.5, 0.6) is 0 Å². The number of hydrogen-bond acceptors (Lipinski definition) is 6. The third-order valence-electron chi connectivity index (χ3n) is 5.23. The highest BCUT2D eigenvalue weighted by Crippen LogP contribution is 2.30. The highest BCUT2D eigenvalue weighted by atomic mass is 32.2. The molecule has 0 unspecified atom stereocenters. The third-order valence-corrected chi connectivity index (χ3v) is 6.20. The van der Waals surface area contributed by atoms with Crippen LogP contribution in [-0.2, 0) is 6.54 Å².